The van der Waals surface area contributed by atoms with Gasteiger partial charge in [-0.2, -0.15) is 0 Å². The second-order valence-electron chi connectivity index (χ2n) is 7.40. The van der Waals surface area contributed by atoms with Crippen LogP contribution in [0.1, 0.15) is 56.7 Å². The van der Waals surface area contributed by atoms with Crippen molar-refractivity contribution in [2.75, 3.05) is 24.6 Å². The highest BCUT2D eigenvalue weighted by molar-refractivity contribution is 5.73. The lowest BCUT2D eigenvalue weighted by Crippen LogP contribution is -2.33. The molecule has 0 bridgehead atoms. The van der Waals surface area contributed by atoms with E-state index in [1.807, 2.05) is 26.0 Å². The second-order valence-corrected chi connectivity index (χ2v) is 7.40. The summed E-state index contributed by atoms with van der Waals surface area (Å²) in [5.74, 6) is 0.811. The molecule has 0 saturated carbocycles. The first-order valence-electron chi connectivity index (χ1n) is 10.0. The molecule has 1 fully saturated rings. The van der Waals surface area contributed by atoms with Gasteiger partial charge in [-0.05, 0) is 55.9 Å². The van der Waals surface area contributed by atoms with Crippen molar-refractivity contribution in [3.63, 3.8) is 0 Å². The van der Waals surface area contributed by atoms with Crippen molar-refractivity contribution >= 4 is 11.6 Å². The van der Waals surface area contributed by atoms with Crippen LogP contribution in [0.5, 0.6) is 5.75 Å². The second kappa shape index (κ2) is 9.09. The monoisotopic (exact) mass is 384 g/mol. The Kier molecular flexibility index (Phi) is 6.55. The first kappa shape index (κ1) is 20.2. The van der Waals surface area contributed by atoms with E-state index in [1.165, 1.54) is 18.6 Å². The zero-order valence-corrected chi connectivity index (χ0v) is 16.9. The molecule has 28 heavy (non-hydrogen) atoms. The number of ether oxygens (including phenoxy) is 1. The van der Waals surface area contributed by atoms with Crippen molar-refractivity contribution in [3.8, 4) is 5.75 Å². The molecule has 3 rings (SSSR count). The fourth-order valence-electron chi connectivity index (χ4n) is 3.90. The summed E-state index contributed by atoms with van der Waals surface area (Å²) >= 11 is 0. The van der Waals surface area contributed by atoms with Gasteiger partial charge in [0.25, 0.3) is 0 Å². The molecule has 1 heterocycles. The molecule has 4 nitrogen and oxygen atoms in total. The summed E-state index contributed by atoms with van der Waals surface area (Å²) in [4.78, 5) is 13.3. The van der Waals surface area contributed by atoms with Crippen LogP contribution < -0.4 is 15.0 Å². The number of rotatable bonds is 6. The molecule has 1 saturated heterocycles. The minimum absolute atomic E-state index is 0.0102. The molecule has 5 heteroatoms. The number of piperidine rings is 1. The van der Waals surface area contributed by atoms with E-state index in [0.29, 0.717) is 24.0 Å². The average Bonchev–Trinajstić information content (AvgIpc) is 2.68. The topological polar surface area (TPSA) is 41.6 Å². The molecule has 2 aromatic rings. The van der Waals surface area contributed by atoms with Gasteiger partial charge in [0, 0.05) is 26.1 Å². The SMILES string of the molecule is CCOc1ccc(N2CCC(c3ccc(C(C)NC(C)=O)cc3)CC2)c(F)c1. The average molecular weight is 384 g/mol. The van der Waals surface area contributed by atoms with Gasteiger partial charge in [0.2, 0.25) is 5.91 Å². The van der Waals surface area contributed by atoms with E-state index in [2.05, 4.69) is 34.5 Å². The van der Waals surface area contributed by atoms with Gasteiger partial charge in [0.05, 0.1) is 18.3 Å². The Bertz CT molecular complexity index is 799. The minimum atomic E-state index is -0.222. The quantitative estimate of drug-likeness (QED) is 0.777. The molecule has 1 aliphatic rings. The number of amides is 1. The van der Waals surface area contributed by atoms with Crippen LogP contribution in [0.2, 0.25) is 0 Å². The molecule has 2 aromatic carbocycles. The summed E-state index contributed by atoms with van der Waals surface area (Å²) in [7, 11) is 0. The standard InChI is InChI=1S/C23H29FN2O2/c1-4-28-21-9-10-23(22(24)15-21)26-13-11-20(12-14-26)19-7-5-18(6-8-19)16(2)25-17(3)27/h5-10,15-16,20H,4,11-14H2,1-3H3,(H,25,27). The maximum absolute atomic E-state index is 14.4. The van der Waals surface area contributed by atoms with Crippen LogP contribution in [0.25, 0.3) is 0 Å². The van der Waals surface area contributed by atoms with E-state index in [0.717, 1.165) is 31.5 Å². The van der Waals surface area contributed by atoms with E-state index in [4.69, 9.17) is 4.74 Å². The van der Waals surface area contributed by atoms with Crippen LogP contribution in [0.4, 0.5) is 10.1 Å². The van der Waals surface area contributed by atoms with Crippen LogP contribution >= 0.6 is 0 Å². The number of carbonyl (C=O) groups is 1. The van der Waals surface area contributed by atoms with Crippen LogP contribution in [0, 0.1) is 5.82 Å². The molecule has 1 aliphatic heterocycles. The maximum atomic E-state index is 14.4. The smallest absolute Gasteiger partial charge is 0.217 e. The Hall–Kier alpha value is -2.56. The highest BCUT2D eigenvalue weighted by Gasteiger charge is 2.23. The van der Waals surface area contributed by atoms with Gasteiger partial charge in [0.15, 0.2) is 0 Å². The Morgan fingerprint density at radius 3 is 2.46 bits per heavy atom. The molecular formula is C23H29FN2O2. The van der Waals surface area contributed by atoms with E-state index < -0.39 is 0 Å². The van der Waals surface area contributed by atoms with Gasteiger partial charge >= 0.3 is 0 Å². The maximum Gasteiger partial charge on any atom is 0.217 e. The van der Waals surface area contributed by atoms with Crippen molar-refractivity contribution in [3.05, 3.63) is 59.4 Å². The molecule has 0 aliphatic carbocycles. The molecule has 1 unspecified atom stereocenters. The van der Waals surface area contributed by atoms with Gasteiger partial charge in [-0.1, -0.05) is 24.3 Å². The Morgan fingerprint density at radius 2 is 1.89 bits per heavy atom. The number of benzene rings is 2. The van der Waals surface area contributed by atoms with Crippen molar-refractivity contribution in [2.24, 2.45) is 0 Å². The third-order valence-electron chi connectivity index (χ3n) is 5.39. The van der Waals surface area contributed by atoms with Crippen LogP contribution in [-0.2, 0) is 4.79 Å². The van der Waals surface area contributed by atoms with E-state index in [1.54, 1.807) is 0 Å². The summed E-state index contributed by atoms with van der Waals surface area (Å²) in [6, 6.07) is 13.6. The van der Waals surface area contributed by atoms with Crippen LogP contribution in [0.3, 0.4) is 0 Å². The fraction of sp³-hybridized carbons (Fsp3) is 0.435. The summed E-state index contributed by atoms with van der Waals surface area (Å²) in [5, 5.41) is 2.91. The lowest BCUT2D eigenvalue weighted by Gasteiger charge is -2.34. The number of nitrogens with one attached hydrogen (secondary N) is 1. The van der Waals surface area contributed by atoms with Crippen LogP contribution in [-0.4, -0.2) is 25.6 Å². The van der Waals surface area contributed by atoms with Crippen molar-refractivity contribution < 1.29 is 13.9 Å². The predicted molar refractivity (Wildman–Crippen MR) is 110 cm³/mol. The largest absolute Gasteiger partial charge is 0.494 e. The zero-order chi connectivity index (χ0) is 20.1. The van der Waals surface area contributed by atoms with Crippen molar-refractivity contribution in [1.29, 1.82) is 0 Å². The Labute approximate surface area is 166 Å². The molecule has 1 amide bonds. The van der Waals surface area contributed by atoms with Gasteiger partial charge in [0.1, 0.15) is 11.6 Å². The first-order valence-corrected chi connectivity index (χ1v) is 10.0. The predicted octanol–water partition coefficient (Wildman–Crippen LogP) is 4.81. The lowest BCUT2D eigenvalue weighted by molar-refractivity contribution is -0.119. The molecule has 150 valence electrons. The van der Waals surface area contributed by atoms with Gasteiger partial charge in [-0.25, -0.2) is 4.39 Å². The van der Waals surface area contributed by atoms with Crippen molar-refractivity contribution in [2.45, 2.75) is 45.6 Å². The Morgan fingerprint density at radius 1 is 1.21 bits per heavy atom. The van der Waals surface area contributed by atoms with E-state index in [-0.39, 0.29) is 17.8 Å². The minimum Gasteiger partial charge on any atom is -0.494 e. The molecule has 1 N–H and O–H groups in total. The summed E-state index contributed by atoms with van der Waals surface area (Å²) in [6.45, 7) is 7.61. The summed E-state index contributed by atoms with van der Waals surface area (Å²) < 4.78 is 19.8. The van der Waals surface area contributed by atoms with E-state index in [9.17, 15) is 9.18 Å². The normalized spacial score (nSPS) is 15.9. The Balaban J connectivity index is 1.60. The van der Waals surface area contributed by atoms with E-state index >= 15 is 0 Å². The number of hydrogen-bond acceptors (Lipinski definition) is 3. The van der Waals surface area contributed by atoms with Gasteiger partial charge in [-0.3, -0.25) is 4.79 Å². The number of anilines is 1. The number of nitrogens with zero attached hydrogens (tertiary/aromatic N) is 1. The number of halogens is 1. The van der Waals surface area contributed by atoms with Crippen LogP contribution in [0.15, 0.2) is 42.5 Å². The van der Waals surface area contributed by atoms with Crippen molar-refractivity contribution in [1.82, 2.24) is 5.32 Å². The third kappa shape index (κ3) is 4.83. The molecular weight excluding hydrogens is 355 g/mol. The molecule has 0 aromatic heterocycles. The number of carbonyl (C=O) groups excluding carboxylic acids is 1. The first-order chi connectivity index (χ1) is 13.5. The summed E-state index contributed by atoms with van der Waals surface area (Å²) in [6.07, 6.45) is 1.99. The van der Waals surface area contributed by atoms with Gasteiger partial charge < -0.3 is 15.0 Å². The summed E-state index contributed by atoms with van der Waals surface area (Å²) in [5.41, 5.74) is 3.07. The molecule has 1 atom stereocenters. The number of hydrogen-bond donors (Lipinski definition) is 1. The highest BCUT2D eigenvalue weighted by atomic mass is 19.1. The fourth-order valence-corrected chi connectivity index (χ4v) is 3.90. The third-order valence-corrected chi connectivity index (χ3v) is 5.39. The van der Waals surface area contributed by atoms with Gasteiger partial charge in [-0.15, -0.1) is 0 Å². The lowest BCUT2D eigenvalue weighted by atomic mass is 9.88. The highest BCUT2D eigenvalue weighted by Crippen LogP contribution is 2.33. The molecule has 0 radical (unpaired) electrons. The molecule has 0 spiro atoms. The zero-order valence-electron chi connectivity index (χ0n) is 16.9.